The zero-order valence-electron chi connectivity index (χ0n) is 29.6. The SMILES string of the molecule is N#Cc1ccc(-c2ccc3cc4c5cc(-c6ccc(-c7ccccc7)cc6)cc6c7cc8ccc(-c9ccc(C#N)cc9)cc8cc7n(c4cc3c2)c56)cc1. The lowest BCUT2D eigenvalue weighted by molar-refractivity contribution is 1.38. The topological polar surface area (TPSA) is 52.0 Å². The molecule has 0 aliphatic heterocycles. The van der Waals surface area contributed by atoms with Gasteiger partial charge < -0.3 is 4.40 Å². The largest absolute Gasteiger partial charge is 0.308 e. The third kappa shape index (κ3) is 4.89. The van der Waals surface area contributed by atoms with Crippen molar-refractivity contribution in [3.63, 3.8) is 0 Å². The van der Waals surface area contributed by atoms with E-state index in [4.69, 9.17) is 0 Å². The second-order valence-corrected chi connectivity index (χ2v) is 14.4. The van der Waals surface area contributed by atoms with Gasteiger partial charge in [0.05, 0.1) is 39.8 Å². The summed E-state index contributed by atoms with van der Waals surface area (Å²) in [6, 6.07) is 67.0. The molecule has 0 N–H and O–H groups in total. The molecule has 0 saturated heterocycles. The molecule has 0 radical (unpaired) electrons. The Hall–Kier alpha value is -7.72. The summed E-state index contributed by atoms with van der Waals surface area (Å²) in [4.78, 5) is 0. The molecule has 55 heavy (non-hydrogen) atoms. The summed E-state index contributed by atoms with van der Waals surface area (Å²) < 4.78 is 2.47. The van der Waals surface area contributed by atoms with E-state index in [9.17, 15) is 10.5 Å². The van der Waals surface area contributed by atoms with Gasteiger partial charge in [-0.3, -0.25) is 0 Å². The first kappa shape index (κ1) is 30.9. The average molecular weight is 696 g/mol. The molecule has 252 valence electrons. The standard InChI is InChI=1S/C52H29N3/c53-30-32-6-10-36(11-7-32)39-18-20-41-24-46-48-26-45(38-16-14-35(15-17-38)34-4-2-1-3-5-34)27-49-47-25-42-21-19-40(37-12-8-33(31-54)9-13-37)23-44(42)29-51(47)55(52(48)49)50(46)28-43(41)22-39/h1-29H. The molecule has 0 aliphatic carbocycles. The monoisotopic (exact) mass is 695 g/mol. The van der Waals surface area contributed by atoms with Crippen LogP contribution in [0.3, 0.4) is 0 Å². The second kappa shape index (κ2) is 11.9. The van der Waals surface area contributed by atoms with Crippen molar-refractivity contribution in [2.24, 2.45) is 0 Å². The van der Waals surface area contributed by atoms with Crippen LogP contribution in [0, 0.1) is 22.7 Å². The zero-order valence-corrected chi connectivity index (χ0v) is 29.6. The van der Waals surface area contributed by atoms with Crippen LogP contribution in [0.25, 0.3) is 104 Å². The Morgan fingerprint density at radius 1 is 0.309 bits per heavy atom. The van der Waals surface area contributed by atoms with Crippen LogP contribution in [-0.4, -0.2) is 4.40 Å². The lowest BCUT2D eigenvalue weighted by Gasteiger charge is -2.08. The fourth-order valence-corrected chi connectivity index (χ4v) is 8.52. The Morgan fingerprint density at radius 2 is 0.709 bits per heavy atom. The maximum atomic E-state index is 9.34. The Balaban J connectivity index is 1.16. The molecule has 3 nitrogen and oxygen atoms in total. The summed E-state index contributed by atoms with van der Waals surface area (Å²) >= 11 is 0. The molecule has 2 heterocycles. The highest BCUT2D eigenvalue weighted by Crippen LogP contribution is 2.44. The van der Waals surface area contributed by atoms with Gasteiger partial charge in [-0.2, -0.15) is 10.5 Å². The molecule has 3 heteroatoms. The number of fused-ring (bicyclic) bond motifs is 8. The molecule has 0 unspecified atom stereocenters. The summed E-state index contributed by atoms with van der Waals surface area (Å²) in [7, 11) is 0. The number of hydrogen-bond acceptors (Lipinski definition) is 2. The molecule has 0 bridgehead atoms. The first-order valence-electron chi connectivity index (χ1n) is 18.4. The maximum absolute atomic E-state index is 9.34. The van der Waals surface area contributed by atoms with Crippen LogP contribution in [0.15, 0.2) is 176 Å². The molecular formula is C52H29N3. The molecule has 0 saturated carbocycles. The smallest absolute Gasteiger partial charge is 0.0991 e. The summed E-state index contributed by atoms with van der Waals surface area (Å²) in [6.07, 6.45) is 0. The van der Waals surface area contributed by atoms with Crippen LogP contribution in [0.1, 0.15) is 11.1 Å². The van der Waals surface area contributed by atoms with E-state index < -0.39 is 0 Å². The number of hydrogen-bond donors (Lipinski definition) is 0. The number of nitrogens with zero attached hydrogens (tertiary/aromatic N) is 3. The van der Waals surface area contributed by atoms with E-state index in [1.165, 1.54) is 81.9 Å². The zero-order chi connectivity index (χ0) is 36.6. The maximum Gasteiger partial charge on any atom is 0.0991 e. The van der Waals surface area contributed by atoms with Crippen molar-refractivity contribution in [1.29, 1.82) is 10.5 Å². The molecule has 0 fully saturated rings. The normalized spacial score (nSPS) is 11.6. The minimum atomic E-state index is 0.659. The highest BCUT2D eigenvalue weighted by molar-refractivity contribution is 6.27. The van der Waals surface area contributed by atoms with Gasteiger partial charge in [-0.1, -0.05) is 103 Å². The summed E-state index contributed by atoms with van der Waals surface area (Å²) in [5.41, 5.74) is 14.1. The van der Waals surface area contributed by atoms with Gasteiger partial charge in [0.2, 0.25) is 0 Å². The van der Waals surface area contributed by atoms with Crippen LogP contribution in [0.5, 0.6) is 0 Å². The van der Waals surface area contributed by atoms with Crippen LogP contribution in [-0.2, 0) is 0 Å². The van der Waals surface area contributed by atoms with Gasteiger partial charge >= 0.3 is 0 Å². The number of nitriles is 2. The summed E-state index contributed by atoms with van der Waals surface area (Å²) in [5, 5.41) is 28.3. The van der Waals surface area contributed by atoms with Crippen molar-refractivity contribution in [1.82, 2.24) is 4.40 Å². The predicted molar refractivity (Wildman–Crippen MR) is 227 cm³/mol. The number of aromatic nitrogens is 1. The summed E-state index contributed by atoms with van der Waals surface area (Å²) in [6.45, 7) is 0. The van der Waals surface area contributed by atoms with Crippen molar-refractivity contribution in [2.45, 2.75) is 0 Å². The molecule has 0 atom stereocenters. The van der Waals surface area contributed by atoms with Crippen molar-refractivity contribution in [3.05, 3.63) is 187 Å². The Kier molecular flexibility index (Phi) is 6.68. The molecule has 0 amide bonds. The fraction of sp³-hybridized carbons (Fsp3) is 0. The highest BCUT2D eigenvalue weighted by Gasteiger charge is 2.20. The van der Waals surface area contributed by atoms with Gasteiger partial charge in [0, 0.05) is 21.5 Å². The highest BCUT2D eigenvalue weighted by atomic mass is 14.9. The number of benzene rings is 9. The molecule has 2 aromatic heterocycles. The van der Waals surface area contributed by atoms with E-state index in [-0.39, 0.29) is 0 Å². The Bertz CT molecular complexity index is 3210. The molecule has 11 rings (SSSR count). The van der Waals surface area contributed by atoms with Gasteiger partial charge in [-0.15, -0.1) is 0 Å². The van der Waals surface area contributed by atoms with Gasteiger partial charge in [0.25, 0.3) is 0 Å². The lowest BCUT2D eigenvalue weighted by Crippen LogP contribution is -1.85. The van der Waals surface area contributed by atoms with Crippen molar-refractivity contribution >= 4 is 59.6 Å². The van der Waals surface area contributed by atoms with Crippen molar-refractivity contribution in [2.75, 3.05) is 0 Å². The van der Waals surface area contributed by atoms with Gasteiger partial charge in [0.15, 0.2) is 0 Å². The fourth-order valence-electron chi connectivity index (χ4n) is 8.52. The van der Waals surface area contributed by atoms with E-state index in [1.807, 2.05) is 48.5 Å². The van der Waals surface area contributed by atoms with E-state index in [0.717, 1.165) is 22.3 Å². The van der Waals surface area contributed by atoms with E-state index in [0.29, 0.717) is 11.1 Å². The minimum absolute atomic E-state index is 0.659. The minimum Gasteiger partial charge on any atom is -0.308 e. The van der Waals surface area contributed by atoms with E-state index in [2.05, 4.69) is 144 Å². The van der Waals surface area contributed by atoms with E-state index >= 15 is 0 Å². The predicted octanol–water partition coefficient (Wildman–Crippen LogP) is 13.6. The lowest BCUT2D eigenvalue weighted by atomic mass is 9.95. The third-order valence-electron chi connectivity index (χ3n) is 11.3. The second-order valence-electron chi connectivity index (χ2n) is 14.4. The van der Waals surface area contributed by atoms with Gasteiger partial charge in [-0.25, -0.2) is 0 Å². The molecule has 0 aliphatic rings. The van der Waals surface area contributed by atoms with Crippen molar-refractivity contribution in [3.8, 4) is 56.6 Å². The third-order valence-corrected chi connectivity index (χ3v) is 11.3. The number of rotatable bonds is 4. The van der Waals surface area contributed by atoms with Crippen LogP contribution in [0.4, 0.5) is 0 Å². The van der Waals surface area contributed by atoms with Gasteiger partial charge in [0.1, 0.15) is 0 Å². The van der Waals surface area contributed by atoms with Crippen LogP contribution in [0.2, 0.25) is 0 Å². The molecule has 11 aromatic rings. The van der Waals surface area contributed by atoms with E-state index in [1.54, 1.807) is 0 Å². The first-order chi connectivity index (χ1) is 27.1. The quantitative estimate of drug-likeness (QED) is 0.184. The Morgan fingerprint density at radius 3 is 1.18 bits per heavy atom. The van der Waals surface area contributed by atoms with Crippen molar-refractivity contribution < 1.29 is 0 Å². The molecule has 0 spiro atoms. The van der Waals surface area contributed by atoms with Crippen LogP contribution < -0.4 is 0 Å². The van der Waals surface area contributed by atoms with Gasteiger partial charge in [-0.05, 0) is 139 Å². The Labute approximate surface area is 317 Å². The molecular weight excluding hydrogens is 667 g/mol. The molecule has 9 aromatic carbocycles. The first-order valence-corrected chi connectivity index (χ1v) is 18.4. The van der Waals surface area contributed by atoms with Crippen LogP contribution >= 0.6 is 0 Å². The average Bonchev–Trinajstić information content (AvgIpc) is 3.75. The summed E-state index contributed by atoms with van der Waals surface area (Å²) in [5.74, 6) is 0.